The van der Waals surface area contributed by atoms with Crippen molar-refractivity contribution in [2.24, 2.45) is 5.41 Å². The first-order valence-corrected chi connectivity index (χ1v) is 7.00. The Kier molecular flexibility index (Phi) is 5.47. The third-order valence-electron chi connectivity index (χ3n) is 4.53. The molecule has 0 radical (unpaired) electrons. The summed E-state index contributed by atoms with van der Waals surface area (Å²) < 4.78 is 0. The van der Waals surface area contributed by atoms with E-state index < -0.39 is 0 Å². The molecule has 1 amide bonds. The van der Waals surface area contributed by atoms with Crippen LogP contribution in [0.5, 0.6) is 0 Å². The second-order valence-corrected chi connectivity index (χ2v) is 6.33. The predicted molar refractivity (Wildman–Crippen MR) is 77.1 cm³/mol. The summed E-state index contributed by atoms with van der Waals surface area (Å²) in [6, 6.07) is 0.409. The largest absolute Gasteiger partial charge is 0.338 e. The van der Waals surface area contributed by atoms with E-state index in [0.29, 0.717) is 6.04 Å². The molecule has 2 aliphatic heterocycles. The van der Waals surface area contributed by atoms with Crippen LogP contribution in [-0.4, -0.2) is 47.9 Å². The number of nitrogens with zero attached hydrogens (tertiary/aromatic N) is 2. The lowest BCUT2D eigenvalue weighted by atomic mass is 9.76. The van der Waals surface area contributed by atoms with Gasteiger partial charge in [0.2, 0.25) is 5.91 Å². The molecule has 2 heterocycles. The van der Waals surface area contributed by atoms with E-state index in [1.165, 1.54) is 32.4 Å². The zero-order valence-corrected chi connectivity index (χ0v) is 12.8. The minimum Gasteiger partial charge on any atom is -0.338 e. The molecule has 0 spiro atoms. The standard InChI is InChI=1S/C14H26N2O.ClH/c1-12(17)16-10-6-7-14(2,3)13(16)11-15-8-4-5-9-15;/h13H,4-11H2,1-3H3;1H. The molecule has 2 fully saturated rings. The lowest BCUT2D eigenvalue weighted by molar-refractivity contribution is -0.137. The number of halogens is 1. The summed E-state index contributed by atoms with van der Waals surface area (Å²) in [5.74, 6) is 0.252. The Balaban J connectivity index is 0.00000162. The molecule has 0 aromatic heterocycles. The Morgan fingerprint density at radius 1 is 1.17 bits per heavy atom. The van der Waals surface area contributed by atoms with Gasteiger partial charge >= 0.3 is 0 Å². The Bertz CT molecular complexity index is 288. The molecular formula is C14H27ClN2O. The van der Waals surface area contributed by atoms with Crippen LogP contribution in [0.15, 0.2) is 0 Å². The van der Waals surface area contributed by atoms with Crippen LogP contribution < -0.4 is 0 Å². The molecule has 0 saturated carbocycles. The van der Waals surface area contributed by atoms with Crippen LogP contribution in [0.25, 0.3) is 0 Å². The van der Waals surface area contributed by atoms with Crippen molar-refractivity contribution in [3.63, 3.8) is 0 Å². The van der Waals surface area contributed by atoms with E-state index >= 15 is 0 Å². The zero-order chi connectivity index (χ0) is 12.5. The van der Waals surface area contributed by atoms with Gasteiger partial charge in [0, 0.05) is 26.1 Å². The Hall–Kier alpha value is -0.280. The van der Waals surface area contributed by atoms with E-state index in [-0.39, 0.29) is 23.7 Å². The first-order chi connectivity index (χ1) is 8.00. The number of piperidine rings is 1. The van der Waals surface area contributed by atoms with Gasteiger partial charge in [0.05, 0.1) is 0 Å². The fourth-order valence-electron chi connectivity index (χ4n) is 3.38. The maximum Gasteiger partial charge on any atom is 0.219 e. The molecule has 106 valence electrons. The van der Waals surface area contributed by atoms with Crippen LogP contribution in [0.2, 0.25) is 0 Å². The Morgan fingerprint density at radius 3 is 2.33 bits per heavy atom. The fourth-order valence-corrected chi connectivity index (χ4v) is 3.38. The van der Waals surface area contributed by atoms with Gasteiger partial charge in [-0.05, 0) is 44.2 Å². The number of hydrogen-bond acceptors (Lipinski definition) is 2. The average Bonchev–Trinajstić information content (AvgIpc) is 2.73. The quantitative estimate of drug-likeness (QED) is 0.773. The van der Waals surface area contributed by atoms with Crippen LogP contribution in [0, 0.1) is 5.41 Å². The third kappa shape index (κ3) is 3.39. The fraction of sp³-hybridized carbons (Fsp3) is 0.929. The SMILES string of the molecule is CC(=O)N1CCCC(C)(C)C1CN1CCCC1.Cl. The van der Waals surface area contributed by atoms with Gasteiger partial charge in [0.15, 0.2) is 0 Å². The van der Waals surface area contributed by atoms with Crippen molar-refractivity contribution >= 4 is 18.3 Å². The molecule has 3 nitrogen and oxygen atoms in total. The number of amides is 1. The maximum atomic E-state index is 11.8. The first-order valence-electron chi connectivity index (χ1n) is 7.00. The highest BCUT2D eigenvalue weighted by molar-refractivity contribution is 5.85. The molecule has 0 bridgehead atoms. The summed E-state index contributed by atoms with van der Waals surface area (Å²) in [4.78, 5) is 16.4. The van der Waals surface area contributed by atoms with Crippen LogP contribution >= 0.6 is 12.4 Å². The number of rotatable bonds is 2. The minimum absolute atomic E-state index is 0. The van der Waals surface area contributed by atoms with E-state index in [1.807, 2.05) is 0 Å². The van der Waals surface area contributed by atoms with Crippen LogP contribution in [0.3, 0.4) is 0 Å². The van der Waals surface area contributed by atoms with E-state index in [2.05, 4.69) is 23.6 Å². The minimum atomic E-state index is 0. The number of carbonyl (C=O) groups excluding carboxylic acids is 1. The van der Waals surface area contributed by atoms with Crippen LogP contribution in [0.1, 0.15) is 46.5 Å². The van der Waals surface area contributed by atoms with E-state index in [1.54, 1.807) is 6.92 Å². The van der Waals surface area contributed by atoms with Crippen molar-refractivity contribution in [2.45, 2.75) is 52.5 Å². The summed E-state index contributed by atoms with van der Waals surface area (Å²) in [7, 11) is 0. The van der Waals surface area contributed by atoms with Gasteiger partial charge in [-0.15, -0.1) is 12.4 Å². The zero-order valence-electron chi connectivity index (χ0n) is 11.9. The summed E-state index contributed by atoms with van der Waals surface area (Å²) in [6.07, 6.45) is 5.05. The molecular weight excluding hydrogens is 248 g/mol. The highest BCUT2D eigenvalue weighted by Crippen LogP contribution is 2.36. The lowest BCUT2D eigenvalue weighted by Gasteiger charge is -2.47. The number of carbonyl (C=O) groups is 1. The van der Waals surface area contributed by atoms with Crippen molar-refractivity contribution in [2.75, 3.05) is 26.2 Å². The van der Waals surface area contributed by atoms with Gasteiger partial charge in [-0.2, -0.15) is 0 Å². The van der Waals surface area contributed by atoms with Gasteiger partial charge in [0.1, 0.15) is 0 Å². The molecule has 2 rings (SSSR count). The van der Waals surface area contributed by atoms with E-state index in [4.69, 9.17) is 0 Å². The van der Waals surface area contributed by atoms with Gasteiger partial charge in [-0.3, -0.25) is 4.79 Å². The van der Waals surface area contributed by atoms with Crippen molar-refractivity contribution in [3.05, 3.63) is 0 Å². The molecule has 0 aromatic rings. The molecule has 1 unspecified atom stereocenters. The highest BCUT2D eigenvalue weighted by Gasteiger charge is 2.39. The van der Waals surface area contributed by atoms with Gasteiger partial charge < -0.3 is 9.80 Å². The third-order valence-corrected chi connectivity index (χ3v) is 4.53. The molecule has 1 atom stereocenters. The summed E-state index contributed by atoms with van der Waals surface area (Å²) in [5, 5.41) is 0. The second kappa shape index (κ2) is 6.25. The van der Waals surface area contributed by atoms with Gasteiger partial charge in [-0.25, -0.2) is 0 Å². The average molecular weight is 275 g/mol. The molecule has 0 aliphatic carbocycles. The first kappa shape index (κ1) is 15.8. The summed E-state index contributed by atoms with van der Waals surface area (Å²) in [6.45, 7) is 10.8. The molecule has 4 heteroatoms. The summed E-state index contributed by atoms with van der Waals surface area (Å²) in [5.41, 5.74) is 0.270. The van der Waals surface area contributed by atoms with Crippen molar-refractivity contribution in [1.29, 1.82) is 0 Å². The maximum absolute atomic E-state index is 11.8. The topological polar surface area (TPSA) is 23.6 Å². The normalized spacial score (nSPS) is 27.9. The number of likely N-dealkylation sites (tertiary alicyclic amines) is 2. The molecule has 2 aliphatic rings. The lowest BCUT2D eigenvalue weighted by Crippen LogP contribution is -2.56. The van der Waals surface area contributed by atoms with E-state index in [0.717, 1.165) is 19.5 Å². The van der Waals surface area contributed by atoms with Crippen LogP contribution in [0.4, 0.5) is 0 Å². The van der Waals surface area contributed by atoms with Crippen molar-refractivity contribution in [1.82, 2.24) is 9.80 Å². The Labute approximate surface area is 117 Å². The Morgan fingerprint density at radius 2 is 1.78 bits per heavy atom. The van der Waals surface area contributed by atoms with Crippen molar-refractivity contribution in [3.8, 4) is 0 Å². The molecule has 0 aromatic carbocycles. The summed E-state index contributed by atoms with van der Waals surface area (Å²) >= 11 is 0. The van der Waals surface area contributed by atoms with Crippen molar-refractivity contribution < 1.29 is 4.79 Å². The molecule has 0 N–H and O–H groups in total. The monoisotopic (exact) mass is 274 g/mol. The highest BCUT2D eigenvalue weighted by atomic mass is 35.5. The predicted octanol–water partition coefficient (Wildman–Crippen LogP) is 2.54. The molecule has 18 heavy (non-hydrogen) atoms. The van der Waals surface area contributed by atoms with Gasteiger partial charge in [-0.1, -0.05) is 13.8 Å². The molecule has 2 saturated heterocycles. The second-order valence-electron chi connectivity index (χ2n) is 6.33. The van der Waals surface area contributed by atoms with Crippen LogP contribution in [-0.2, 0) is 4.79 Å². The number of hydrogen-bond donors (Lipinski definition) is 0. The van der Waals surface area contributed by atoms with E-state index in [9.17, 15) is 4.79 Å². The van der Waals surface area contributed by atoms with Gasteiger partial charge in [0.25, 0.3) is 0 Å². The smallest absolute Gasteiger partial charge is 0.219 e.